The van der Waals surface area contributed by atoms with Crippen LogP contribution in [0.15, 0.2) is 36.5 Å². The van der Waals surface area contributed by atoms with E-state index in [0.29, 0.717) is 11.1 Å². The minimum Gasteiger partial charge on any atom is -0.388 e. The Bertz CT molecular complexity index is 843. The van der Waals surface area contributed by atoms with Crippen LogP contribution in [0.2, 0.25) is 0 Å². The molecular weight excluding hydrogens is 331 g/mol. The Morgan fingerprint density at radius 2 is 1.96 bits per heavy atom. The van der Waals surface area contributed by atoms with Crippen LogP contribution < -0.4 is 5.32 Å². The SMILES string of the molecule is CCc1cc(F)cc(C#Cc2ccc(C(=O)NC(C)C(C)(C)O)nc2)c1. The number of hydrogen-bond acceptors (Lipinski definition) is 3. The average molecular weight is 354 g/mol. The number of aryl methyl sites for hydroxylation is 1. The summed E-state index contributed by atoms with van der Waals surface area (Å²) in [4.78, 5) is 16.2. The van der Waals surface area contributed by atoms with E-state index in [-0.39, 0.29) is 17.4 Å². The fourth-order valence-corrected chi connectivity index (χ4v) is 2.12. The molecule has 0 fully saturated rings. The second kappa shape index (κ2) is 8.11. The van der Waals surface area contributed by atoms with Crippen LogP contribution >= 0.6 is 0 Å². The van der Waals surface area contributed by atoms with Gasteiger partial charge < -0.3 is 10.4 Å². The Balaban J connectivity index is 2.11. The van der Waals surface area contributed by atoms with Crippen LogP contribution in [0, 0.1) is 17.7 Å². The number of nitrogens with one attached hydrogen (secondary N) is 1. The lowest BCUT2D eigenvalue weighted by Gasteiger charge is -2.26. The van der Waals surface area contributed by atoms with E-state index >= 15 is 0 Å². The molecule has 0 aliphatic heterocycles. The van der Waals surface area contributed by atoms with Crippen LogP contribution in [-0.2, 0) is 6.42 Å². The first-order valence-corrected chi connectivity index (χ1v) is 8.50. The zero-order valence-corrected chi connectivity index (χ0v) is 15.4. The molecule has 5 heteroatoms. The van der Waals surface area contributed by atoms with E-state index in [1.54, 1.807) is 32.9 Å². The molecule has 2 N–H and O–H groups in total. The summed E-state index contributed by atoms with van der Waals surface area (Å²) in [6.45, 7) is 6.93. The first kappa shape index (κ1) is 19.6. The topological polar surface area (TPSA) is 62.2 Å². The molecule has 1 heterocycles. The number of amides is 1. The largest absolute Gasteiger partial charge is 0.388 e. The predicted octanol–water partition coefficient (Wildman–Crippen LogP) is 3.07. The smallest absolute Gasteiger partial charge is 0.270 e. The number of nitrogens with zero attached hydrogens (tertiary/aromatic N) is 1. The minimum absolute atomic E-state index is 0.241. The highest BCUT2D eigenvalue weighted by atomic mass is 19.1. The van der Waals surface area contributed by atoms with E-state index in [1.165, 1.54) is 18.3 Å². The van der Waals surface area contributed by atoms with Crippen molar-refractivity contribution in [1.82, 2.24) is 10.3 Å². The summed E-state index contributed by atoms with van der Waals surface area (Å²) in [6.07, 6.45) is 2.23. The molecule has 0 aliphatic rings. The summed E-state index contributed by atoms with van der Waals surface area (Å²) in [5, 5.41) is 12.6. The van der Waals surface area contributed by atoms with Gasteiger partial charge in [-0.25, -0.2) is 9.37 Å². The Morgan fingerprint density at radius 1 is 1.27 bits per heavy atom. The molecule has 1 atom stereocenters. The molecule has 0 saturated heterocycles. The van der Waals surface area contributed by atoms with Crippen molar-refractivity contribution in [2.45, 2.75) is 45.8 Å². The molecule has 136 valence electrons. The Morgan fingerprint density at radius 3 is 2.54 bits per heavy atom. The summed E-state index contributed by atoms with van der Waals surface area (Å²) in [7, 11) is 0. The molecule has 1 aromatic carbocycles. The lowest BCUT2D eigenvalue weighted by molar-refractivity contribution is 0.0407. The minimum atomic E-state index is -1.02. The van der Waals surface area contributed by atoms with Crippen molar-refractivity contribution < 1.29 is 14.3 Å². The molecule has 0 saturated carbocycles. The second-order valence-electron chi connectivity index (χ2n) is 6.73. The van der Waals surface area contributed by atoms with E-state index in [4.69, 9.17) is 0 Å². The maximum atomic E-state index is 13.5. The maximum absolute atomic E-state index is 13.5. The highest BCUT2D eigenvalue weighted by Crippen LogP contribution is 2.10. The van der Waals surface area contributed by atoms with Crippen molar-refractivity contribution >= 4 is 5.91 Å². The normalized spacial score (nSPS) is 12.1. The number of carbonyl (C=O) groups is 1. The lowest BCUT2D eigenvalue weighted by Crippen LogP contribution is -2.47. The maximum Gasteiger partial charge on any atom is 0.270 e. The third kappa shape index (κ3) is 5.40. The van der Waals surface area contributed by atoms with Gasteiger partial charge in [0.05, 0.1) is 11.6 Å². The quantitative estimate of drug-likeness (QED) is 0.830. The molecule has 0 aliphatic carbocycles. The van der Waals surface area contributed by atoms with Crippen molar-refractivity contribution in [3.05, 3.63) is 64.7 Å². The van der Waals surface area contributed by atoms with E-state index in [0.717, 1.165) is 12.0 Å². The standard InChI is InChI=1S/C21H23FN2O2/c1-5-15-10-17(12-18(22)11-15)7-6-16-8-9-19(23-13-16)20(25)24-14(2)21(3,4)26/h8-14,26H,5H2,1-4H3,(H,24,25). The molecule has 26 heavy (non-hydrogen) atoms. The highest BCUT2D eigenvalue weighted by Gasteiger charge is 2.24. The fourth-order valence-electron chi connectivity index (χ4n) is 2.12. The molecular formula is C21H23FN2O2. The van der Waals surface area contributed by atoms with Crippen LogP contribution in [0.25, 0.3) is 0 Å². The molecule has 1 aromatic heterocycles. The lowest BCUT2D eigenvalue weighted by atomic mass is 10.0. The van der Waals surface area contributed by atoms with Gasteiger partial charge in [-0.15, -0.1) is 0 Å². The van der Waals surface area contributed by atoms with Crippen molar-refractivity contribution in [1.29, 1.82) is 0 Å². The van der Waals surface area contributed by atoms with E-state index in [9.17, 15) is 14.3 Å². The zero-order valence-electron chi connectivity index (χ0n) is 15.4. The van der Waals surface area contributed by atoms with Gasteiger partial charge in [-0.05, 0) is 63.1 Å². The van der Waals surface area contributed by atoms with Crippen LogP contribution in [0.5, 0.6) is 0 Å². The molecule has 1 unspecified atom stereocenters. The third-order valence-corrected chi connectivity index (χ3v) is 4.12. The van der Waals surface area contributed by atoms with Crippen molar-refractivity contribution in [3.8, 4) is 11.8 Å². The highest BCUT2D eigenvalue weighted by molar-refractivity contribution is 5.92. The van der Waals surface area contributed by atoms with Gasteiger partial charge in [-0.1, -0.05) is 18.8 Å². The van der Waals surface area contributed by atoms with E-state index in [1.807, 2.05) is 13.0 Å². The van der Waals surface area contributed by atoms with Crippen molar-refractivity contribution in [3.63, 3.8) is 0 Å². The third-order valence-electron chi connectivity index (χ3n) is 4.12. The van der Waals surface area contributed by atoms with Gasteiger partial charge in [0.2, 0.25) is 0 Å². The van der Waals surface area contributed by atoms with Gasteiger partial charge in [-0.3, -0.25) is 4.79 Å². The molecule has 0 spiro atoms. The van der Waals surface area contributed by atoms with E-state index in [2.05, 4.69) is 22.1 Å². The van der Waals surface area contributed by atoms with Gasteiger partial charge in [0.1, 0.15) is 11.5 Å². The molecule has 2 aromatic rings. The number of benzene rings is 1. The number of carbonyl (C=O) groups excluding carboxylic acids is 1. The predicted molar refractivity (Wildman–Crippen MR) is 99.2 cm³/mol. The fraction of sp³-hybridized carbons (Fsp3) is 0.333. The Hall–Kier alpha value is -2.71. The molecule has 4 nitrogen and oxygen atoms in total. The number of hydrogen-bond donors (Lipinski definition) is 2. The Labute approximate surface area is 153 Å². The number of halogens is 1. The number of pyridine rings is 1. The number of aromatic nitrogens is 1. The molecule has 0 bridgehead atoms. The van der Waals surface area contributed by atoms with Gasteiger partial charge in [0.15, 0.2) is 0 Å². The number of aliphatic hydroxyl groups is 1. The second-order valence-corrected chi connectivity index (χ2v) is 6.73. The molecule has 2 rings (SSSR count). The van der Waals surface area contributed by atoms with Crippen molar-refractivity contribution in [2.24, 2.45) is 0 Å². The summed E-state index contributed by atoms with van der Waals surface area (Å²) in [6, 6.07) is 7.57. The molecule has 0 radical (unpaired) electrons. The van der Waals surface area contributed by atoms with Crippen LogP contribution in [0.1, 0.15) is 54.9 Å². The first-order chi connectivity index (χ1) is 12.2. The summed E-state index contributed by atoms with van der Waals surface area (Å²) in [5.74, 6) is 5.16. The number of rotatable bonds is 4. The van der Waals surface area contributed by atoms with Gasteiger partial charge in [0.25, 0.3) is 5.91 Å². The van der Waals surface area contributed by atoms with Crippen molar-refractivity contribution in [2.75, 3.05) is 0 Å². The zero-order chi connectivity index (χ0) is 19.3. The van der Waals surface area contributed by atoms with Crippen LogP contribution in [0.3, 0.4) is 0 Å². The van der Waals surface area contributed by atoms with Crippen LogP contribution in [-0.4, -0.2) is 27.6 Å². The van der Waals surface area contributed by atoms with Crippen LogP contribution in [0.4, 0.5) is 4.39 Å². The summed E-state index contributed by atoms with van der Waals surface area (Å²) in [5.41, 5.74) is 1.33. The average Bonchev–Trinajstić information content (AvgIpc) is 2.59. The summed E-state index contributed by atoms with van der Waals surface area (Å²) >= 11 is 0. The monoisotopic (exact) mass is 354 g/mol. The molecule has 1 amide bonds. The summed E-state index contributed by atoms with van der Waals surface area (Å²) < 4.78 is 13.5. The van der Waals surface area contributed by atoms with E-state index < -0.39 is 11.6 Å². The van der Waals surface area contributed by atoms with Gasteiger partial charge >= 0.3 is 0 Å². The van der Waals surface area contributed by atoms with Gasteiger partial charge in [0, 0.05) is 17.3 Å². The van der Waals surface area contributed by atoms with Gasteiger partial charge in [-0.2, -0.15) is 0 Å². The first-order valence-electron chi connectivity index (χ1n) is 8.50. The Kier molecular flexibility index (Phi) is 6.12.